The maximum atomic E-state index is 7.45. The highest BCUT2D eigenvalue weighted by Gasteiger charge is 2.11. The zero-order valence-corrected chi connectivity index (χ0v) is 12.2. The van der Waals surface area contributed by atoms with Crippen molar-refractivity contribution < 1.29 is 0 Å². The molecule has 1 rings (SSSR count). The van der Waals surface area contributed by atoms with Crippen molar-refractivity contribution in [1.82, 2.24) is 0 Å². The van der Waals surface area contributed by atoms with Gasteiger partial charge in [-0.05, 0) is 54.4 Å². The SMILES string of the molecule is CCCN(c1ccc(C(=N)N)c(Br)c1)C(C)C. The Morgan fingerprint density at radius 1 is 1.47 bits per heavy atom. The predicted octanol–water partition coefficient (Wildman–Crippen LogP) is 3.36. The van der Waals surface area contributed by atoms with Crippen LogP contribution < -0.4 is 10.6 Å². The number of rotatable bonds is 5. The number of hydrogen-bond acceptors (Lipinski definition) is 2. The van der Waals surface area contributed by atoms with Crippen LogP contribution in [0.4, 0.5) is 5.69 Å². The Kier molecular flexibility index (Phi) is 5.00. The summed E-state index contributed by atoms with van der Waals surface area (Å²) in [4.78, 5) is 2.34. The first kappa shape index (κ1) is 14.0. The van der Waals surface area contributed by atoms with Crippen LogP contribution in [-0.2, 0) is 0 Å². The van der Waals surface area contributed by atoms with E-state index in [1.807, 2.05) is 18.2 Å². The largest absolute Gasteiger partial charge is 0.384 e. The summed E-state index contributed by atoms with van der Waals surface area (Å²) in [6.45, 7) is 7.57. The molecule has 3 nitrogen and oxygen atoms in total. The van der Waals surface area contributed by atoms with Crippen LogP contribution in [0.5, 0.6) is 0 Å². The summed E-state index contributed by atoms with van der Waals surface area (Å²) in [5, 5.41) is 7.45. The molecule has 0 radical (unpaired) electrons. The van der Waals surface area contributed by atoms with Gasteiger partial charge in [-0.3, -0.25) is 5.41 Å². The summed E-state index contributed by atoms with van der Waals surface area (Å²) < 4.78 is 0.879. The first-order valence-corrected chi connectivity index (χ1v) is 6.67. The Hall–Kier alpha value is -1.03. The second kappa shape index (κ2) is 6.05. The number of nitrogens with two attached hydrogens (primary N) is 1. The Balaban J connectivity index is 3.06. The normalized spacial score (nSPS) is 10.6. The number of halogens is 1. The van der Waals surface area contributed by atoms with E-state index in [1.165, 1.54) is 5.69 Å². The lowest BCUT2D eigenvalue weighted by atomic mass is 10.1. The molecule has 0 fully saturated rings. The summed E-state index contributed by atoms with van der Waals surface area (Å²) in [6, 6.07) is 6.42. The van der Waals surface area contributed by atoms with Crippen LogP contribution in [0.15, 0.2) is 22.7 Å². The first-order chi connectivity index (χ1) is 7.97. The number of benzene rings is 1. The van der Waals surface area contributed by atoms with Crippen molar-refractivity contribution in [2.24, 2.45) is 5.73 Å². The average Bonchev–Trinajstić information content (AvgIpc) is 2.24. The molecular weight excluding hydrogens is 278 g/mol. The van der Waals surface area contributed by atoms with E-state index < -0.39 is 0 Å². The summed E-state index contributed by atoms with van der Waals surface area (Å²) in [7, 11) is 0. The molecule has 0 aliphatic carbocycles. The smallest absolute Gasteiger partial charge is 0.123 e. The molecule has 0 heterocycles. The van der Waals surface area contributed by atoms with E-state index in [-0.39, 0.29) is 5.84 Å². The zero-order chi connectivity index (χ0) is 13.0. The van der Waals surface area contributed by atoms with Crippen molar-refractivity contribution in [2.45, 2.75) is 33.2 Å². The number of hydrogen-bond donors (Lipinski definition) is 2. The second-order valence-corrected chi connectivity index (χ2v) is 5.22. The van der Waals surface area contributed by atoms with Crippen LogP contribution in [0, 0.1) is 5.41 Å². The van der Waals surface area contributed by atoms with Gasteiger partial charge in [0.15, 0.2) is 0 Å². The predicted molar refractivity (Wildman–Crippen MR) is 77.9 cm³/mol. The number of amidine groups is 1. The Morgan fingerprint density at radius 3 is 2.53 bits per heavy atom. The van der Waals surface area contributed by atoms with Gasteiger partial charge >= 0.3 is 0 Å². The van der Waals surface area contributed by atoms with E-state index in [2.05, 4.69) is 41.6 Å². The average molecular weight is 298 g/mol. The molecule has 0 aliphatic heterocycles. The molecule has 1 aromatic carbocycles. The number of anilines is 1. The Bertz CT molecular complexity index is 402. The maximum Gasteiger partial charge on any atom is 0.123 e. The lowest BCUT2D eigenvalue weighted by Gasteiger charge is -2.29. The van der Waals surface area contributed by atoms with E-state index in [4.69, 9.17) is 11.1 Å². The molecule has 3 N–H and O–H groups in total. The van der Waals surface area contributed by atoms with Gasteiger partial charge in [0.25, 0.3) is 0 Å². The fraction of sp³-hybridized carbons (Fsp3) is 0.462. The lowest BCUT2D eigenvalue weighted by molar-refractivity contribution is 0.671. The quantitative estimate of drug-likeness (QED) is 0.647. The molecule has 0 aliphatic rings. The molecule has 0 atom stereocenters. The standard InChI is InChI=1S/C13H20BrN3/c1-4-7-17(9(2)3)10-5-6-11(13(15)16)12(14)8-10/h5-6,8-9H,4,7H2,1-3H3,(H3,15,16). The van der Waals surface area contributed by atoms with Gasteiger partial charge in [0.1, 0.15) is 5.84 Å². The fourth-order valence-corrected chi connectivity index (χ4v) is 2.41. The van der Waals surface area contributed by atoms with E-state index in [1.54, 1.807) is 0 Å². The third-order valence-corrected chi connectivity index (χ3v) is 3.32. The van der Waals surface area contributed by atoms with Gasteiger partial charge in [0.2, 0.25) is 0 Å². The summed E-state index contributed by atoms with van der Waals surface area (Å²) in [5.41, 5.74) is 7.41. The summed E-state index contributed by atoms with van der Waals surface area (Å²) in [6.07, 6.45) is 1.12. The summed E-state index contributed by atoms with van der Waals surface area (Å²) in [5.74, 6) is 0.0926. The van der Waals surface area contributed by atoms with Crippen LogP contribution in [0.2, 0.25) is 0 Å². The number of nitrogens with zero attached hydrogens (tertiary/aromatic N) is 1. The number of nitrogen functional groups attached to an aromatic ring is 1. The molecule has 0 saturated carbocycles. The van der Waals surface area contributed by atoms with Gasteiger partial charge in [0.05, 0.1) is 0 Å². The maximum absolute atomic E-state index is 7.45. The van der Waals surface area contributed by atoms with Crippen molar-refractivity contribution >= 4 is 27.5 Å². The third-order valence-electron chi connectivity index (χ3n) is 2.66. The van der Waals surface area contributed by atoms with Gasteiger partial charge in [-0.1, -0.05) is 6.92 Å². The van der Waals surface area contributed by atoms with Crippen molar-refractivity contribution in [3.8, 4) is 0 Å². The molecular formula is C13H20BrN3. The van der Waals surface area contributed by atoms with Crippen molar-refractivity contribution in [3.05, 3.63) is 28.2 Å². The van der Waals surface area contributed by atoms with Crippen LogP contribution in [0.25, 0.3) is 0 Å². The monoisotopic (exact) mass is 297 g/mol. The molecule has 0 amide bonds. The molecule has 0 saturated heterocycles. The van der Waals surface area contributed by atoms with Gasteiger partial charge in [0, 0.05) is 28.3 Å². The number of nitrogens with one attached hydrogen (secondary N) is 1. The summed E-state index contributed by atoms with van der Waals surface area (Å²) >= 11 is 3.47. The van der Waals surface area contributed by atoms with E-state index in [0.29, 0.717) is 6.04 Å². The zero-order valence-electron chi connectivity index (χ0n) is 10.6. The van der Waals surface area contributed by atoms with Crippen LogP contribution >= 0.6 is 15.9 Å². The molecule has 0 bridgehead atoms. The first-order valence-electron chi connectivity index (χ1n) is 5.88. The van der Waals surface area contributed by atoms with Gasteiger partial charge < -0.3 is 10.6 Å². The molecule has 94 valence electrons. The molecule has 1 aromatic rings. The van der Waals surface area contributed by atoms with E-state index in [9.17, 15) is 0 Å². The lowest BCUT2D eigenvalue weighted by Crippen LogP contribution is -2.31. The van der Waals surface area contributed by atoms with Crippen LogP contribution in [-0.4, -0.2) is 18.4 Å². The minimum Gasteiger partial charge on any atom is -0.384 e. The highest BCUT2D eigenvalue weighted by atomic mass is 79.9. The Morgan fingerprint density at radius 2 is 2.12 bits per heavy atom. The Labute approximate surface area is 112 Å². The van der Waals surface area contributed by atoms with Gasteiger partial charge in [-0.25, -0.2) is 0 Å². The van der Waals surface area contributed by atoms with Crippen molar-refractivity contribution in [1.29, 1.82) is 5.41 Å². The molecule has 0 unspecified atom stereocenters. The van der Waals surface area contributed by atoms with Gasteiger partial charge in [-0.15, -0.1) is 0 Å². The fourth-order valence-electron chi connectivity index (χ4n) is 1.83. The van der Waals surface area contributed by atoms with Crippen LogP contribution in [0.1, 0.15) is 32.8 Å². The minimum absolute atomic E-state index is 0.0926. The topological polar surface area (TPSA) is 53.1 Å². The van der Waals surface area contributed by atoms with Crippen molar-refractivity contribution in [2.75, 3.05) is 11.4 Å². The molecule has 17 heavy (non-hydrogen) atoms. The molecule has 0 aromatic heterocycles. The third kappa shape index (κ3) is 3.46. The molecule has 4 heteroatoms. The van der Waals surface area contributed by atoms with Crippen LogP contribution in [0.3, 0.4) is 0 Å². The van der Waals surface area contributed by atoms with E-state index >= 15 is 0 Å². The highest BCUT2D eigenvalue weighted by Crippen LogP contribution is 2.25. The van der Waals surface area contributed by atoms with Crippen molar-refractivity contribution in [3.63, 3.8) is 0 Å². The second-order valence-electron chi connectivity index (χ2n) is 4.36. The minimum atomic E-state index is 0.0926. The van der Waals surface area contributed by atoms with E-state index in [0.717, 1.165) is 23.0 Å². The van der Waals surface area contributed by atoms with Gasteiger partial charge in [-0.2, -0.15) is 0 Å². The molecule has 0 spiro atoms. The highest BCUT2D eigenvalue weighted by molar-refractivity contribution is 9.10.